The molecule has 1 N–H and O–H groups in total. The van der Waals surface area contributed by atoms with E-state index in [1.165, 1.54) is 11.1 Å². The number of rotatable bonds is 6. The van der Waals surface area contributed by atoms with E-state index in [0.29, 0.717) is 18.8 Å². The van der Waals surface area contributed by atoms with Gasteiger partial charge in [0.25, 0.3) is 0 Å². The molecule has 1 nitrogen and oxygen atoms in total. The monoisotopic (exact) mass is 267 g/mol. The zero-order chi connectivity index (χ0) is 14.4. The van der Waals surface area contributed by atoms with Crippen molar-refractivity contribution in [3.8, 4) is 0 Å². The Hall–Kier alpha value is -1.60. The van der Waals surface area contributed by atoms with E-state index in [-0.39, 0.29) is 0 Å². The lowest BCUT2D eigenvalue weighted by Crippen LogP contribution is -2.36. The first-order valence-electron chi connectivity index (χ1n) is 7.24. The second-order valence-electron chi connectivity index (χ2n) is 5.84. The molecular weight excluding hydrogens is 244 g/mol. The van der Waals surface area contributed by atoms with Gasteiger partial charge in [-0.3, -0.25) is 0 Å². The van der Waals surface area contributed by atoms with Crippen LogP contribution in [0.3, 0.4) is 0 Å². The van der Waals surface area contributed by atoms with Crippen molar-refractivity contribution < 1.29 is 5.11 Å². The molecule has 0 aromatic heterocycles. The molecule has 1 heteroatoms. The van der Waals surface area contributed by atoms with Crippen molar-refractivity contribution in [1.82, 2.24) is 0 Å². The second-order valence-corrected chi connectivity index (χ2v) is 5.84. The third-order valence-electron chi connectivity index (χ3n) is 3.35. The van der Waals surface area contributed by atoms with Gasteiger partial charge in [-0.2, -0.15) is 0 Å². The Morgan fingerprint density at radius 3 is 1.60 bits per heavy atom. The van der Waals surface area contributed by atoms with Gasteiger partial charge < -0.3 is 5.11 Å². The van der Waals surface area contributed by atoms with Crippen LogP contribution in [0.2, 0.25) is 0 Å². The molecule has 2 rings (SSSR count). The number of benzene rings is 2. The predicted octanol–water partition coefficient (Wildman–Crippen LogP) is 4.06. The Bertz CT molecular complexity index is 460. The van der Waals surface area contributed by atoms with Crippen LogP contribution in [-0.4, -0.2) is 10.7 Å². The van der Waals surface area contributed by atoms with E-state index in [1.54, 1.807) is 0 Å². The van der Waals surface area contributed by atoms with E-state index >= 15 is 0 Å². The quantitative estimate of drug-likeness (QED) is 0.836. The van der Waals surface area contributed by atoms with Crippen LogP contribution in [0.25, 0.3) is 0 Å². The largest absolute Gasteiger partial charge is 0.389 e. The smallest absolute Gasteiger partial charge is 0.0762 e. The summed E-state index contributed by atoms with van der Waals surface area (Å²) in [4.78, 5) is 0. The third kappa shape index (κ3) is 4.50. The molecule has 0 aliphatic rings. The summed E-state index contributed by atoms with van der Waals surface area (Å²) in [6.45, 7) is 4.22. The summed E-state index contributed by atoms with van der Waals surface area (Å²) in [5, 5.41) is 11.0. The zero-order valence-corrected chi connectivity index (χ0v) is 12.3. The van der Waals surface area contributed by atoms with E-state index in [2.05, 4.69) is 44.5 Å². The molecule has 20 heavy (non-hydrogen) atoms. The second kappa shape index (κ2) is 6.71. The third-order valence-corrected chi connectivity index (χ3v) is 3.35. The molecule has 105 valence electrons. The normalized spacial score (nSPS) is 11.8. The fraction of sp³-hybridized carbons (Fsp3) is 0.316. The summed E-state index contributed by atoms with van der Waals surface area (Å²) >= 11 is 0. The van der Waals surface area contributed by atoms with Gasteiger partial charge in [-0.1, -0.05) is 74.5 Å². The van der Waals surface area contributed by atoms with Crippen molar-refractivity contribution in [1.29, 1.82) is 0 Å². The number of hydrogen-bond acceptors (Lipinski definition) is 1. The van der Waals surface area contributed by atoms with Gasteiger partial charge in [-0.05, 0) is 23.5 Å². The minimum atomic E-state index is -0.795. The van der Waals surface area contributed by atoms with Crippen LogP contribution in [0.4, 0.5) is 0 Å². The predicted molar refractivity (Wildman–Crippen MR) is 84.4 cm³/mol. The van der Waals surface area contributed by atoms with Crippen LogP contribution in [0.1, 0.15) is 25.0 Å². The Balaban J connectivity index is 2.17. The maximum absolute atomic E-state index is 11.0. The summed E-state index contributed by atoms with van der Waals surface area (Å²) in [6.07, 6.45) is 3.37. The lowest BCUT2D eigenvalue weighted by molar-refractivity contribution is 0.0653. The van der Waals surface area contributed by atoms with Gasteiger partial charge in [0.05, 0.1) is 5.60 Å². The molecule has 0 spiro atoms. The lowest BCUT2D eigenvalue weighted by atomic mass is 9.82. The zero-order valence-electron chi connectivity index (χ0n) is 12.3. The summed E-state index contributed by atoms with van der Waals surface area (Å²) < 4.78 is 0. The van der Waals surface area contributed by atoms with Crippen molar-refractivity contribution in [2.45, 2.75) is 32.3 Å². The number of hydrogen-bond donors (Lipinski definition) is 1. The van der Waals surface area contributed by atoms with Gasteiger partial charge in [0.15, 0.2) is 0 Å². The molecule has 2 aromatic carbocycles. The standard InChI is InChI=1S/C19H23O/c1-16(2)13-19(20,14-17-9-5-3-6-10-17)15-18-11-7-4-8-12-18/h3-13,16,20H,14-15H2,1-2H3. The molecule has 0 fully saturated rings. The first-order valence-corrected chi connectivity index (χ1v) is 7.24. The Kier molecular flexibility index (Phi) is 4.97. The maximum atomic E-state index is 11.0. The van der Waals surface area contributed by atoms with Crippen LogP contribution >= 0.6 is 0 Å². The van der Waals surface area contributed by atoms with E-state index in [0.717, 1.165) is 0 Å². The van der Waals surface area contributed by atoms with Gasteiger partial charge in [-0.25, -0.2) is 0 Å². The molecule has 0 unspecified atom stereocenters. The van der Waals surface area contributed by atoms with Gasteiger partial charge in [-0.15, -0.1) is 0 Å². The molecule has 0 aliphatic heterocycles. The first-order chi connectivity index (χ1) is 9.57. The average Bonchev–Trinajstić information content (AvgIpc) is 2.39. The molecule has 0 bridgehead atoms. The van der Waals surface area contributed by atoms with E-state index in [9.17, 15) is 5.11 Å². The minimum Gasteiger partial charge on any atom is -0.389 e. The maximum Gasteiger partial charge on any atom is 0.0762 e. The Morgan fingerprint density at radius 2 is 1.25 bits per heavy atom. The molecule has 1 radical (unpaired) electrons. The molecular formula is C19H23O. The molecule has 0 amide bonds. The van der Waals surface area contributed by atoms with Crippen LogP contribution in [0, 0.1) is 12.3 Å². The van der Waals surface area contributed by atoms with Crippen molar-refractivity contribution >= 4 is 0 Å². The Labute approximate surface area is 122 Å². The van der Waals surface area contributed by atoms with Gasteiger partial charge in [0.2, 0.25) is 0 Å². The highest BCUT2D eigenvalue weighted by Crippen LogP contribution is 2.25. The van der Waals surface area contributed by atoms with Crippen LogP contribution in [-0.2, 0) is 12.8 Å². The van der Waals surface area contributed by atoms with Crippen molar-refractivity contribution in [2.24, 2.45) is 5.92 Å². The molecule has 0 saturated carbocycles. The van der Waals surface area contributed by atoms with E-state index < -0.39 is 5.60 Å². The SMILES string of the molecule is CC(C)[CH]C(O)(Cc1ccccc1)Cc1ccccc1. The van der Waals surface area contributed by atoms with E-state index in [1.807, 2.05) is 36.4 Å². The molecule has 0 atom stereocenters. The molecule has 2 aromatic rings. The van der Waals surface area contributed by atoms with Crippen molar-refractivity contribution in [2.75, 3.05) is 0 Å². The fourth-order valence-electron chi connectivity index (χ4n) is 2.70. The first kappa shape index (κ1) is 14.8. The van der Waals surface area contributed by atoms with Crippen molar-refractivity contribution in [3.05, 3.63) is 78.2 Å². The molecule has 0 heterocycles. The summed E-state index contributed by atoms with van der Waals surface area (Å²) in [7, 11) is 0. The average molecular weight is 267 g/mol. The lowest BCUT2D eigenvalue weighted by Gasteiger charge is -2.30. The number of aliphatic hydroxyl groups is 1. The fourth-order valence-corrected chi connectivity index (χ4v) is 2.70. The van der Waals surface area contributed by atoms with Crippen LogP contribution in [0.5, 0.6) is 0 Å². The summed E-state index contributed by atoms with van der Waals surface area (Å²) in [6, 6.07) is 20.4. The van der Waals surface area contributed by atoms with Gasteiger partial charge in [0.1, 0.15) is 0 Å². The topological polar surface area (TPSA) is 20.2 Å². The van der Waals surface area contributed by atoms with Gasteiger partial charge in [0, 0.05) is 12.8 Å². The highest BCUT2D eigenvalue weighted by Gasteiger charge is 2.29. The Morgan fingerprint density at radius 1 is 0.850 bits per heavy atom. The molecule has 0 saturated heterocycles. The van der Waals surface area contributed by atoms with E-state index in [4.69, 9.17) is 0 Å². The van der Waals surface area contributed by atoms with Gasteiger partial charge >= 0.3 is 0 Å². The highest BCUT2D eigenvalue weighted by atomic mass is 16.3. The van der Waals surface area contributed by atoms with Crippen LogP contribution < -0.4 is 0 Å². The summed E-state index contributed by atoms with van der Waals surface area (Å²) in [5.41, 5.74) is 1.54. The van der Waals surface area contributed by atoms with Crippen LogP contribution in [0.15, 0.2) is 60.7 Å². The minimum absolute atomic E-state index is 0.354. The highest BCUT2D eigenvalue weighted by molar-refractivity contribution is 5.23. The summed E-state index contributed by atoms with van der Waals surface area (Å²) in [5.74, 6) is 0.354. The van der Waals surface area contributed by atoms with Crippen molar-refractivity contribution in [3.63, 3.8) is 0 Å². The molecule has 0 aliphatic carbocycles.